The number of likely N-dealkylation sites (N-methyl/N-ethyl adjacent to an activating group) is 1. The predicted octanol–water partition coefficient (Wildman–Crippen LogP) is 1.85. The van der Waals surface area contributed by atoms with Gasteiger partial charge in [0.2, 0.25) is 0 Å². The zero-order chi connectivity index (χ0) is 11.1. The zero-order valence-electron chi connectivity index (χ0n) is 9.36. The van der Waals surface area contributed by atoms with E-state index in [1.807, 2.05) is 37.0 Å². The molecule has 1 atom stereocenters. The van der Waals surface area contributed by atoms with Crippen LogP contribution in [0.2, 0.25) is 0 Å². The van der Waals surface area contributed by atoms with Crippen molar-refractivity contribution < 1.29 is 5.11 Å². The summed E-state index contributed by atoms with van der Waals surface area (Å²) in [5, 5.41) is 12.8. The van der Waals surface area contributed by atoms with Crippen LogP contribution in [0.3, 0.4) is 0 Å². The highest BCUT2D eigenvalue weighted by Gasteiger charge is 2.28. The first kappa shape index (κ1) is 12.6. The number of hydrogen-bond acceptors (Lipinski definition) is 3. The molecule has 0 heterocycles. The number of thioether (sulfide) groups is 1. The first-order valence-electron chi connectivity index (χ1n) is 5.22. The number of aliphatic hydroxyl groups excluding tert-OH is 1. The highest BCUT2D eigenvalue weighted by molar-refractivity contribution is 7.99. The third-order valence-corrected chi connectivity index (χ3v) is 3.73. The molecule has 3 heteroatoms. The molecule has 0 aliphatic rings. The van der Waals surface area contributed by atoms with Gasteiger partial charge in [0.15, 0.2) is 0 Å². The van der Waals surface area contributed by atoms with Crippen LogP contribution in [0.15, 0.2) is 30.3 Å². The van der Waals surface area contributed by atoms with Crippen molar-refractivity contribution in [1.29, 1.82) is 0 Å². The molecule has 0 saturated heterocycles. The molecule has 2 nitrogen and oxygen atoms in total. The second kappa shape index (κ2) is 6.16. The molecule has 1 unspecified atom stereocenters. The third-order valence-electron chi connectivity index (χ3n) is 2.63. The van der Waals surface area contributed by atoms with Crippen molar-refractivity contribution in [3.05, 3.63) is 35.9 Å². The van der Waals surface area contributed by atoms with E-state index in [4.69, 9.17) is 0 Å². The molecule has 0 amide bonds. The fourth-order valence-electron chi connectivity index (χ4n) is 1.55. The summed E-state index contributed by atoms with van der Waals surface area (Å²) in [5.74, 6) is 1.96. The first-order chi connectivity index (χ1) is 7.29. The molecular formula is C12H19NOS. The Labute approximate surface area is 96.1 Å². The number of rotatable bonds is 6. The molecule has 0 spiro atoms. The average molecular weight is 225 g/mol. The van der Waals surface area contributed by atoms with Gasteiger partial charge in [0, 0.05) is 5.75 Å². The lowest BCUT2D eigenvalue weighted by molar-refractivity contribution is 0.187. The standard InChI is InChI=1S/C12H19NOS/c1-3-15-10-12(9-14,13-2)11-7-5-4-6-8-11/h4-8,13-14H,3,9-10H2,1-2H3. The molecule has 0 aliphatic heterocycles. The van der Waals surface area contributed by atoms with Gasteiger partial charge in [-0.3, -0.25) is 0 Å². The monoisotopic (exact) mass is 225 g/mol. The van der Waals surface area contributed by atoms with Crippen LogP contribution < -0.4 is 5.32 Å². The Balaban J connectivity index is 2.89. The van der Waals surface area contributed by atoms with Crippen molar-refractivity contribution in [2.75, 3.05) is 25.2 Å². The molecule has 0 aliphatic carbocycles. The van der Waals surface area contributed by atoms with Crippen LogP contribution in [0.25, 0.3) is 0 Å². The fourth-order valence-corrected chi connectivity index (χ4v) is 2.50. The van der Waals surface area contributed by atoms with Crippen molar-refractivity contribution >= 4 is 11.8 Å². The Hall–Kier alpha value is -0.510. The summed E-state index contributed by atoms with van der Waals surface area (Å²) in [6.07, 6.45) is 0. The van der Waals surface area contributed by atoms with Gasteiger partial charge in [-0.25, -0.2) is 0 Å². The Bertz CT molecular complexity index is 272. The molecule has 0 aromatic heterocycles. The zero-order valence-corrected chi connectivity index (χ0v) is 10.2. The van der Waals surface area contributed by atoms with Crippen LogP contribution in [0.5, 0.6) is 0 Å². The summed E-state index contributed by atoms with van der Waals surface area (Å²) < 4.78 is 0. The largest absolute Gasteiger partial charge is 0.394 e. The van der Waals surface area contributed by atoms with Crippen LogP contribution >= 0.6 is 11.8 Å². The van der Waals surface area contributed by atoms with Gasteiger partial charge < -0.3 is 10.4 Å². The number of aliphatic hydroxyl groups is 1. The van der Waals surface area contributed by atoms with Crippen molar-refractivity contribution in [3.8, 4) is 0 Å². The minimum Gasteiger partial charge on any atom is -0.394 e. The summed E-state index contributed by atoms with van der Waals surface area (Å²) in [4.78, 5) is 0. The molecule has 1 aromatic carbocycles. The van der Waals surface area contributed by atoms with E-state index in [0.29, 0.717) is 0 Å². The van der Waals surface area contributed by atoms with Gasteiger partial charge >= 0.3 is 0 Å². The SMILES string of the molecule is CCSCC(CO)(NC)c1ccccc1. The van der Waals surface area contributed by atoms with Crippen molar-refractivity contribution in [2.45, 2.75) is 12.5 Å². The molecule has 2 N–H and O–H groups in total. The van der Waals surface area contributed by atoms with Gasteiger partial charge in [-0.1, -0.05) is 37.3 Å². The highest BCUT2D eigenvalue weighted by atomic mass is 32.2. The summed E-state index contributed by atoms with van der Waals surface area (Å²) in [5.41, 5.74) is 0.845. The Morgan fingerprint density at radius 1 is 1.33 bits per heavy atom. The van der Waals surface area contributed by atoms with E-state index in [1.54, 1.807) is 0 Å². The van der Waals surface area contributed by atoms with Crippen LogP contribution in [-0.4, -0.2) is 30.3 Å². The van der Waals surface area contributed by atoms with E-state index in [2.05, 4.69) is 24.4 Å². The Morgan fingerprint density at radius 3 is 2.47 bits per heavy atom. The van der Waals surface area contributed by atoms with Crippen LogP contribution in [0.4, 0.5) is 0 Å². The maximum atomic E-state index is 9.58. The minimum absolute atomic E-state index is 0.126. The quantitative estimate of drug-likeness (QED) is 0.775. The first-order valence-corrected chi connectivity index (χ1v) is 6.37. The normalized spacial score (nSPS) is 14.9. The van der Waals surface area contributed by atoms with E-state index >= 15 is 0 Å². The molecule has 0 bridgehead atoms. The Kier molecular flexibility index (Phi) is 5.15. The summed E-state index contributed by atoms with van der Waals surface area (Å²) in [7, 11) is 1.90. The number of hydrogen-bond donors (Lipinski definition) is 2. The van der Waals surface area contributed by atoms with Gasteiger partial charge in [0.25, 0.3) is 0 Å². The smallest absolute Gasteiger partial charge is 0.0758 e. The average Bonchev–Trinajstić information content (AvgIpc) is 2.33. The maximum Gasteiger partial charge on any atom is 0.0758 e. The molecular weight excluding hydrogens is 206 g/mol. The van der Waals surface area contributed by atoms with Crippen molar-refractivity contribution in [2.24, 2.45) is 0 Å². The summed E-state index contributed by atoms with van der Waals surface area (Å²) in [6, 6.07) is 10.1. The second-order valence-electron chi connectivity index (χ2n) is 3.49. The van der Waals surface area contributed by atoms with Gasteiger partial charge in [-0.05, 0) is 18.4 Å². The molecule has 0 radical (unpaired) electrons. The second-order valence-corrected chi connectivity index (χ2v) is 4.77. The topological polar surface area (TPSA) is 32.3 Å². The lowest BCUT2D eigenvalue weighted by Crippen LogP contribution is -2.45. The van der Waals surface area contributed by atoms with Gasteiger partial charge in [-0.15, -0.1) is 0 Å². The molecule has 84 valence electrons. The minimum atomic E-state index is -0.304. The molecule has 0 saturated carbocycles. The van der Waals surface area contributed by atoms with Gasteiger partial charge in [0.1, 0.15) is 0 Å². The third kappa shape index (κ3) is 2.97. The van der Waals surface area contributed by atoms with Gasteiger partial charge in [0.05, 0.1) is 12.1 Å². The van der Waals surface area contributed by atoms with E-state index in [-0.39, 0.29) is 12.1 Å². The summed E-state index contributed by atoms with van der Waals surface area (Å²) in [6.45, 7) is 2.26. The lowest BCUT2D eigenvalue weighted by atomic mass is 9.93. The number of nitrogens with one attached hydrogen (secondary N) is 1. The highest BCUT2D eigenvalue weighted by Crippen LogP contribution is 2.24. The molecule has 1 aromatic rings. The fraction of sp³-hybridized carbons (Fsp3) is 0.500. The van der Waals surface area contributed by atoms with E-state index in [1.165, 1.54) is 0 Å². The summed E-state index contributed by atoms with van der Waals surface area (Å²) >= 11 is 1.84. The van der Waals surface area contributed by atoms with Crippen LogP contribution in [-0.2, 0) is 5.54 Å². The van der Waals surface area contributed by atoms with Crippen molar-refractivity contribution in [1.82, 2.24) is 5.32 Å². The van der Waals surface area contributed by atoms with E-state index < -0.39 is 0 Å². The van der Waals surface area contributed by atoms with Gasteiger partial charge in [-0.2, -0.15) is 11.8 Å². The molecule has 15 heavy (non-hydrogen) atoms. The maximum absolute atomic E-state index is 9.58. The molecule has 0 fully saturated rings. The van der Waals surface area contributed by atoms with E-state index in [0.717, 1.165) is 17.1 Å². The van der Waals surface area contributed by atoms with Crippen LogP contribution in [0.1, 0.15) is 12.5 Å². The van der Waals surface area contributed by atoms with Crippen molar-refractivity contribution in [3.63, 3.8) is 0 Å². The molecule has 1 rings (SSSR count). The predicted molar refractivity (Wildman–Crippen MR) is 67.3 cm³/mol. The van der Waals surface area contributed by atoms with E-state index in [9.17, 15) is 5.11 Å². The Morgan fingerprint density at radius 2 is 2.00 bits per heavy atom. The van der Waals surface area contributed by atoms with Crippen LogP contribution in [0, 0.1) is 0 Å². The lowest BCUT2D eigenvalue weighted by Gasteiger charge is -2.31. The number of benzene rings is 1.